The molecule has 0 radical (unpaired) electrons. The Balaban J connectivity index is 1.93. The number of aliphatic hydroxyl groups is 1. The summed E-state index contributed by atoms with van der Waals surface area (Å²) in [6, 6.07) is 3.83. The summed E-state index contributed by atoms with van der Waals surface area (Å²) < 4.78 is 0. The van der Waals surface area contributed by atoms with Crippen LogP contribution in [0.2, 0.25) is 0 Å². The highest BCUT2D eigenvalue weighted by molar-refractivity contribution is 5.97. The molecule has 60 heavy (non-hydrogen) atoms. The van der Waals surface area contributed by atoms with Crippen LogP contribution in [0, 0.1) is 5.92 Å². The number of hydrogen-bond donors (Lipinski definition) is 12. The number of fused-ring (bicyclic) bond motifs is 1. The lowest BCUT2D eigenvalue weighted by Crippen LogP contribution is -2.62. The van der Waals surface area contributed by atoms with Gasteiger partial charge in [0.05, 0.1) is 12.1 Å². The van der Waals surface area contributed by atoms with Crippen molar-refractivity contribution in [2.24, 2.45) is 11.7 Å². The molecular formula is C40H53N7O13. The maximum absolute atomic E-state index is 14.1. The fraction of sp³-hybridized carbons (Fsp3) is 0.450. The van der Waals surface area contributed by atoms with E-state index in [1.54, 1.807) is 44.3 Å². The molecule has 0 aliphatic heterocycles. The zero-order valence-electron chi connectivity index (χ0n) is 33.3. The summed E-state index contributed by atoms with van der Waals surface area (Å²) in [5.41, 5.74) is 7.60. The third kappa shape index (κ3) is 15.0. The second-order valence-electron chi connectivity index (χ2n) is 14.8. The molecule has 7 atom stereocenters. The number of phenols is 1. The smallest absolute Gasteiger partial charge is 0.326 e. The van der Waals surface area contributed by atoms with Gasteiger partial charge < -0.3 is 62.8 Å². The van der Waals surface area contributed by atoms with Gasteiger partial charge in [-0.2, -0.15) is 0 Å². The molecule has 7 unspecified atom stereocenters. The minimum absolute atomic E-state index is 0.0110. The number of phenolic OH excluding ortho intramolecular Hbond substituents is 1. The lowest BCUT2D eigenvalue weighted by molar-refractivity contribution is -0.143. The number of rotatable bonds is 24. The SMILES string of the molecule is CC(C)CC(NC(=O)C(Cc1c[nH]c2ccccc12)NC(=O)C(NC(=O)C(Cc1ccc(O)cc1)NC(=O)C(N)CCC(=O)O)C(C)O)C(=O)NC(CCC(=O)O)C(=O)O. The molecule has 5 amide bonds. The van der Waals surface area contributed by atoms with E-state index in [0.717, 1.165) is 0 Å². The molecule has 0 fully saturated rings. The van der Waals surface area contributed by atoms with Gasteiger partial charge in [0, 0.05) is 42.8 Å². The predicted octanol–water partition coefficient (Wildman–Crippen LogP) is -0.349. The first-order valence-corrected chi connectivity index (χ1v) is 19.2. The highest BCUT2D eigenvalue weighted by Gasteiger charge is 2.35. The second kappa shape index (κ2) is 22.6. The zero-order chi connectivity index (χ0) is 44.7. The molecule has 1 aromatic heterocycles. The van der Waals surface area contributed by atoms with E-state index in [2.05, 4.69) is 31.6 Å². The van der Waals surface area contributed by atoms with E-state index in [9.17, 15) is 53.7 Å². The molecule has 0 spiro atoms. The fourth-order valence-corrected chi connectivity index (χ4v) is 6.19. The number of hydrogen-bond acceptors (Lipinski definition) is 11. The molecule has 0 saturated heterocycles. The summed E-state index contributed by atoms with van der Waals surface area (Å²) in [6.07, 6.45) is -2.00. The van der Waals surface area contributed by atoms with Crippen molar-refractivity contribution >= 4 is 58.3 Å². The minimum atomic E-state index is -1.74. The number of nitrogens with two attached hydrogens (primary N) is 1. The highest BCUT2D eigenvalue weighted by Crippen LogP contribution is 2.20. The van der Waals surface area contributed by atoms with E-state index in [0.29, 0.717) is 22.0 Å². The normalized spacial score (nSPS) is 14.7. The number of nitrogens with one attached hydrogen (secondary N) is 6. The number of aliphatic hydroxyl groups excluding tert-OH is 1. The van der Waals surface area contributed by atoms with Crippen molar-refractivity contribution in [1.29, 1.82) is 0 Å². The number of carboxylic acid groups (broad SMARTS) is 3. The van der Waals surface area contributed by atoms with Crippen molar-refractivity contribution in [3.63, 3.8) is 0 Å². The summed E-state index contributed by atoms with van der Waals surface area (Å²) in [7, 11) is 0. The third-order valence-corrected chi connectivity index (χ3v) is 9.41. The number of aromatic nitrogens is 1. The Kier molecular flexibility index (Phi) is 18.0. The van der Waals surface area contributed by atoms with Gasteiger partial charge >= 0.3 is 17.9 Å². The van der Waals surface area contributed by atoms with Crippen molar-refractivity contribution in [2.45, 2.75) is 108 Å². The first-order valence-electron chi connectivity index (χ1n) is 19.2. The Morgan fingerprint density at radius 3 is 1.78 bits per heavy atom. The van der Waals surface area contributed by atoms with Crippen LogP contribution in [0.15, 0.2) is 54.7 Å². The standard InChI is InChI=1S/C40H53N7O13/c1-20(2)16-29(36(55)43-28(40(59)60)13-15-33(52)53)45-37(56)31(18-23-19-42-27-7-5-4-6-25(23)27)46-39(58)34(21(3)48)47-38(57)30(17-22-8-10-24(49)11-9-22)44-35(54)26(41)12-14-32(50)51/h4-11,19-21,26,28-31,34,42,48-49H,12-18,41H2,1-3H3,(H,43,55)(H,44,54)(H,45,56)(H,46,58)(H,47,57)(H,50,51)(H,52,53)(H,59,60). The largest absolute Gasteiger partial charge is 0.508 e. The van der Waals surface area contributed by atoms with Gasteiger partial charge in [-0.3, -0.25) is 33.6 Å². The number of H-pyrrole nitrogens is 1. The van der Waals surface area contributed by atoms with Crippen molar-refractivity contribution < 1.29 is 63.9 Å². The summed E-state index contributed by atoms with van der Waals surface area (Å²) in [6.45, 7) is 4.68. The molecule has 13 N–H and O–H groups in total. The number of aliphatic carboxylic acids is 3. The number of carbonyl (C=O) groups excluding carboxylic acids is 5. The molecule has 1 heterocycles. The van der Waals surface area contributed by atoms with Crippen molar-refractivity contribution in [2.75, 3.05) is 0 Å². The molecule has 20 heteroatoms. The van der Waals surface area contributed by atoms with Gasteiger partial charge in [0.15, 0.2) is 0 Å². The molecule has 0 bridgehead atoms. The lowest BCUT2D eigenvalue weighted by atomic mass is 9.99. The van der Waals surface area contributed by atoms with Crippen LogP contribution >= 0.6 is 0 Å². The maximum Gasteiger partial charge on any atom is 0.326 e. The van der Waals surface area contributed by atoms with Gasteiger partial charge in [-0.05, 0) is 61.4 Å². The number of carbonyl (C=O) groups is 8. The average Bonchev–Trinajstić information content (AvgIpc) is 3.59. The van der Waals surface area contributed by atoms with Crippen LogP contribution in [0.3, 0.4) is 0 Å². The van der Waals surface area contributed by atoms with Gasteiger partial charge in [0.1, 0.15) is 36.0 Å². The van der Waals surface area contributed by atoms with Gasteiger partial charge in [-0.15, -0.1) is 0 Å². The fourth-order valence-electron chi connectivity index (χ4n) is 6.19. The number of benzene rings is 2. The molecule has 0 saturated carbocycles. The summed E-state index contributed by atoms with van der Waals surface area (Å²) in [5, 5.41) is 61.2. The molecule has 0 aliphatic rings. The number of carboxylic acids is 3. The Hall–Kier alpha value is -6.54. The summed E-state index contributed by atoms with van der Waals surface area (Å²) >= 11 is 0. The van der Waals surface area contributed by atoms with E-state index >= 15 is 0 Å². The van der Waals surface area contributed by atoms with E-state index in [-0.39, 0.29) is 37.4 Å². The van der Waals surface area contributed by atoms with E-state index < -0.39 is 109 Å². The number of aromatic amines is 1. The van der Waals surface area contributed by atoms with Crippen LogP contribution in [0.5, 0.6) is 5.75 Å². The molecule has 0 aliphatic carbocycles. The Labute approximate surface area is 344 Å². The first-order chi connectivity index (χ1) is 28.2. The van der Waals surface area contributed by atoms with E-state index in [1.165, 1.54) is 31.2 Å². The molecule has 20 nitrogen and oxygen atoms in total. The Bertz CT molecular complexity index is 2000. The quantitative estimate of drug-likeness (QED) is 0.0549. The summed E-state index contributed by atoms with van der Waals surface area (Å²) in [4.78, 5) is 105. The monoisotopic (exact) mass is 839 g/mol. The van der Waals surface area contributed by atoms with Crippen molar-refractivity contribution in [1.82, 2.24) is 31.6 Å². The van der Waals surface area contributed by atoms with Crippen LogP contribution < -0.4 is 32.3 Å². The molecule has 3 aromatic rings. The molecule has 326 valence electrons. The minimum Gasteiger partial charge on any atom is -0.508 e. The van der Waals surface area contributed by atoms with E-state index in [4.69, 9.17) is 15.9 Å². The molecule has 2 aromatic carbocycles. The van der Waals surface area contributed by atoms with Gasteiger partial charge in [-0.25, -0.2) is 4.79 Å². The summed E-state index contributed by atoms with van der Waals surface area (Å²) in [5.74, 6) is -8.95. The van der Waals surface area contributed by atoms with Crippen LogP contribution in [0.4, 0.5) is 0 Å². The van der Waals surface area contributed by atoms with E-state index in [1.807, 2.05) is 0 Å². The van der Waals surface area contributed by atoms with Crippen LogP contribution in [0.25, 0.3) is 10.9 Å². The molecule has 3 rings (SSSR count). The number of para-hydroxylation sites is 1. The number of aromatic hydroxyl groups is 1. The van der Waals surface area contributed by atoms with Gasteiger partial charge in [-0.1, -0.05) is 44.2 Å². The van der Waals surface area contributed by atoms with Crippen LogP contribution in [-0.4, -0.2) is 120 Å². The first kappa shape index (κ1) is 47.8. The maximum atomic E-state index is 14.1. The predicted molar refractivity (Wildman–Crippen MR) is 214 cm³/mol. The third-order valence-electron chi connectivity index (χ3n) is 9.41. The lowest BCUT2D eigenvalue weighted by Gasteiger charge is -2.28. The highest BCUT2D eigenvalue weighted by atomic mass is 16.4. The Morgan fingerprint density at radius 2 is 1.18 bits per heavy atom. The van der Waals surface area contributed by atoms with Crippen molar-refractivity contribution in [3.8, 4) is 5.75 Å². The van der Waals surface area contributed by atoms with Crippen LogP contribution in [0.1, 0.15) is 64.0 Å². The van der Waals surface area contributed by atoms with Crippen LogP contribution in [-0.2, 0) is 51.2 Å². The van der Waals surface area contributed by atoms with Gasteiger partial charge in [0.2, 0.25) is 29.5 Å². The average molecular weight is 840 g/mol. The zero-order valence-corrected chi connectivity index (χ0v) is 33.3. The second-order valence-corrected chi connectivity index (χ2v) is 14.8. The topological polar surface area (TPSA) is 340 Å². The van der Waals surface area contributed by atoms with Crippen molar-refractivity contribution in [3.05, 3.63) is 65.9 Å². The van der Waals surface area contributed by atoms with Gasteiger partial charge in [0.25, 0.3) is 0 Å². The molecular weight excluding hydrogens is 786 g/mol. The number of amides is 5. The Morgan fingerprint density at radius 1 is 0.650 bits per heavy atom.